The third-order valence-corrected chi connectivity index (χ3v) is 5.12. The Morgan fingerprint density at radius 2 is 2.10 bits per heavy atom. The van der Waals surface area contributed by atoms with Gasteiger partial charge in [0, 0.05) is 19.5 Å². The van der Waals surface area contributed by atoms with Crippen LogP contribution in [0.2, 0.25) is 0 Å². The molecule has 1 aliphatic carbocycles. The zero-order valence-corrected chi connectivity index (χ0v) is 12.4. The summed E-state index contributed by atoms with van der Waals surface area (Å²) in [5, 5.41) is 7.18. The van der Waals surface area contributed by atoms with Gasteiger partial charge in [-0.3, -0.25) is 9.59 Å². The predicted molar refractivity (Wildman–Crippen MR) is 78.6 cm³/mol. The third-order valence-electron chi connectivity index (χ3n) is 4.39. The summed E-state index contributed by atoms with van der Waals surface area (Å²) in [6.45, 7) is 1.27. The number of carbonyl (C=O) groups excluding carboxylic acids is 2. The lowest BCUT2D eigenvalue weighted by atomic mass is 9.95. The van der Waals surface area contributed by atoms with Gasteiger partial charge >= 0.3 is 0 Å². The van der Waals surface area contributed by atoms with Gasteiger partial charge in [0.1, 0.15) is 5.54 Å². The fourth-order valence-corrected chi connectivity index (χ4v) is 3.96. The number of hydrogen-bond donors (Lipinski definition) is 1. The molecule has 2 fully saturated rings. The zero-order valence-electron chi connectivity index (χ0n) is 11.6. The van der Waals surface area contributed by atoms with Gasteiger partial charge in [0.25, 0.3) is 0 Å². The van der Waals surface area contributed by atoms with E-state index in [2.05, 4.69) is 22.1 Å². The summed E-state index contributed by atoms with van der Waals surface area (Å²) in [6, 6.07) is 2.10. The standard InChI is InChI=1S/C15H20N2O2S/c18-13-4-9-17(8-3-12-5-10-20-11-12)14(19)15(16-13)6-1-2-7-15/h5,10-11H,1-4,6-9H2,(H,16,18). The number of rotatable bonds is 3. The number of carbonyl (C=O) groups is 2. The first-order chi connectivity index (χ1) is 9.70. The minimum atomic E-state index is -0.595. The molecule has 0 bridgehead atoms. The Hall–Kier alpha value is -1.36. The molecule has 20 heavy (non-hydrogen) atoms. The Kier molecular flexibility index (Phi) is 3.78. The van der Waals surface area contributed by atoms with Gasteiger partial charge in [0.05, 0.1) is 0 Å². The molecule has 4 nitrogen and oxygen atoms in total. The summed E-state index contributed by atoms with van der Waals surface area (Å²) >= 11 is 1.68. The van der Waals surface area contributed by atoms with Gasteiger partial charge in [-0.1, -0.05) is 12.8 Å². The van der Waals surface area contributed by atoms with E-state index in [0.717, 1.165) is 32.1 Å². The van der Waals surface area contributed by atoms with Crippen LogP contribution in [-0.2, 0) is 16.0 Å². The fraction of sp³-hybridized carbons (Fsp3) is 0.600. The smallest absolute Gasteiger partial charge is 0.248 e. The summed E-state index contributed by atoms with van der Waals surface area (Å²) in [5.74, 6) is 0.161. The van der Waals surface area contributed by atoms with Crippen molar-refractivity contribution < 1.29 is 9.59 Å². The van der Waals surface area contributed by atoms with Crippen LogP contribution in [0.15, 0.2) is 16.8 Å². The highest BCUT2D eigenvalue weighted by Crippen LogP contribution is 2.33. The quantitative estimate of drug-likeness (QED) is 0.926. The summed E-state index contributed by atoms with van der Waals surface area (Å²) in [7, 11) is 0. The maximum atomic E-state index is 12.8. The number of hydrogen-bond acceptors (Lipinski definition) is 3. The SMILES string of the molecule is O=C1CCN(CCc2ccsc2)C(=O)C2(CCCC2)N1. The second-order valence-electron chi connectivity index (χ2n) is 5.76. The van der Waals surface area contributed by atoms with Crippen LogP contribution in [0.3, 0.4) is 0 Å². The molecule has 1 saturated carbocycles. The lowest BCUT2D eigenvalue weighted by Gasteiger charge is -2.31. The average molecular weight is 292 g/mol. The van der Waals surface area contributed by atoms with Gasteiger partial charge in [-0.25, -0.2) is 0 Å². The van der Waals surface area contributed by atoms with E-state index < -0.39 is 5.54 Å². The van der Waals surface area contributed by atoms with Crippen molar-refractivity contribution in [1.82, 2.24) is 10.2 Å². The maximum Gasteiger partial charge on any atom is 0.248 e. The minimum absolute atomic E-state index is 0.0262. The number of amides is 2. The molecule has 2 amide bonds. The van der Waals surface area contributed by atoms with E-state index in [9.17, 15) is 9.59 Å². The highest BCUT2D eigenvalue weighted by Gasteiger charge is 2.46. The largest absolute Gasteiger partial charge is 0.342 e. The lowest BCUT2D eigenvalue weighted by molar-refractivity contribution is -0.138. The van der Waals surface area contributed by atoms with Crippen molar-refractivity contribution in [3.8, 4) is 0 Å². The van der Waals surface area contributed by atoms with Crippen molar-refractivity contribution in [2.45, 2.75) is 44.1 Å². The summed E-state index contributed by atoms with van der Waals surface area (Å²) in [6.07, 6.45) is 4.96. The Morgan fingerprint density at radius 1 is 1.30 bits per heavy atom. The van der Waals surface area contributed by atoms with E-state index in [1.165, 1.54) is 5.56 Å². The van der Waals surface area contributed by atoms with Crippen LogP contribution in [0.1, 0.15) is 37.7 Å². The molecule has 5 heteroatoms. The molecule has 0 radical (unpaired) electrons. The van der Waals surface area contributed by atoms with Gasteiger partial charge in [0.15, 0.2) is 0 Å². The Labute approximate surface area is 123 Å². The normalized spacial score (nSPS) is 22.1. The first kappa shape index (κ1) is 13.6. The Bertz CT molecular complexity index is 492. The van der Waals surface area contributed by atoms with E-state index >= 15 is 0 Å². The van der Waals surface area contributed by atoms with Crippen molar-refractivity contribution >= 4 is 23.2 Å². The summed E-state index contributed by atoms with van der Waals surface area (Å²) in [4.78, 5) is 26.6. The fourth-order valence-electron chi connectivity index (χ4n) is 3.25. The molecule has 1 saturated heterocycles. The molecule has 0 unspecified atom stereocenters. The minimum Gasteiger partial charge on any atom is -0.342 e. The second kappa shape index (κ2) is 5.56. The van der Waals surface area contributed by atoms with Gasteiger partial charge < -0.3 is 10.2 Å². The molecular weight excluding hydrogens is 272 g/mol. The molecule has 1 N–H and O–H groups in total. The first-order valence-corrected chi connectivity index (χ1v) is 8.25. The maximum absolute atomic E-state index is 12.8. The van der Waals surface area contributed by atoms with Crippen LogP contribution in [0.4, 0.5) is 0 Å². The molecule has 1 aliphatic heterocycles. The van der Waals surface area contributed by atoms with Crippen molar-refractivity contribution in [2.24, 2.45) is 0 Å². The monoisotopic (exact) mass is 292 g/mol. The van der Waals surface area contributed by atoms with Crippen LogP contribution in [-0.4, -0.2) is 35.3 Å². The molecule has 0 aromatic carbocycles. The van der Waals surface area contributed by atoms with Gasteiger partial charge in [0.2, 0.25) is 11.8 Å². The molecule has 2 aliphatic rings. The number of nitrogens with one attached hydrogen (secondary N) is 1. The topological polar surface area (TPSA) is 49.4 Å². The number of thiophene rings is 1. The second-order valence-corrected chi connectivity index (χ2v) is 6.54. The van der Waals surface area contributed by atoms with Crippen LogP contribution in [0.25, 0.3) is 0 Å². The van der Waals surface area contributed by atoms with E-state index in [1.807, 2.05) is 4.90 Å². The lowest BCUT2D eigenvalue weighted by Crippen LogP contribution is -2.55. The molecular formula is C15H20N2O2S. The number of nitrogens with zero attached hydrogens (tertiary/aromatic N) is 1. The summed E-state index contributed by atoms with van der Waals surface area (Å²) < 4.78 is 0. The van der Waals surface area contributed by atoms with Gasteiger partial charge in [-0.2, -0.15) is 11.3 Å². The van der Waals surface area contributed by atoms with E-state index in [-0.39, 0.29) is 11.8 Å². The van der Waals surface area contributed by atoms with E-state index in [1.54, 1.807) is 11.3 Å². The first-order valence-electron chi connectivity index (χ1n) is 7.31. The Morgan fingerprint density at radius 3 is 2.80 bits per heavy atom. The van der Waals surface area contributed by atoms with Gasteiger partial charge in [-0.05, 0) is 41.7 Å². The van der Waals surface area contributed by atoms with Crippen molar-refractivity contribution in [3.05, 3.63) is 22.4 Å². The molecule has 1 aromatic heterocycles. The molecule has 1 aromatic rings. The molecule has 3 rings (SSSR count). The average Bonchev–Trinajstić information content (AvgIpc) is 3.07. The third kappa shape index (κ3) is 2.59. The van der Waals surface area contributed by atoms with Crippen molar-refractivity contribution in [1.29, 1.82) is 0 Å². The Balaban J connectivity index is 1.72. The zero-order chi connectivity index (χ0) is 14.0. The molecule has 1 spiro atoms. The molecule has 2 heterocycles. The van der Waals surface area contributed by atoms with Crippen LogP contribution in [0, 0.1) is 0 Å². The van der Waals surface area contributed by atoms with E-state index in [4.69, 9.17) is 0 Å². The molecule has 108 valence electrons. The van der Waals surface area contributed by atoms with Crippen LogP contribution < -0.4 is 5.32 Å². The van der Waals surface area contributed by atoms with Crippen molar-refractivity contribution in [2.75, 3.05) is 13.1 Å². The van der Waals surface area contributed by atoms with Crippen molar-refractivity contribution in [3.63, 3.8) is 0 Å². The highest BCUT2D eigenvalue weighted by molar-refractivity contribution is 7.07. The molecule has 0 atom stereocenters. The van der Waals surface area contributed by atoms with Gasteiger partial charge in [-0.15, -0.1) is 0 Å². The summed E-state index contributed by atoms with van der Waals surface area (Å²) in [5.41, 5.74) is 0.675. The van der Waals surface area contributed by atoms with E-state index in [0.29, 0.717) is 19.5 Å². The highest BCUT2D eigenvalue weighted by atomic mass is 32.1. The van der Waals surface area contributed by atoms with Crippen LogP contribution in [0.5, 0.6) is 0 Å². The van der Waals surface area contributed by atoms with Crippen LogP contribution >= 0.6 is 11.3 Å². The predicted octanol–water partition coefficient (Wildman–Crippen LogP) is 1.95.